The van der Waals surface area contributed by atoms with E-state index in [1.54, 1.807) is 31.2 Å². The second-order valence-electron chi connectivity index (χ2n) is 10.8. The van der Waals surface area contributed by atoms with Crippen LogP contribution in [0.3, 0.4) is 0 Å². The van der Waals surface area contributed by atoms with Crippen LogP contribution in [0.2, 0.25) is 0 Å². The SMILES string of the molecule is CCOc1ccc(S(=O)(=O)N(CC(=O)N(Cc2ccccc2)[C@H](C)C(=O)NC2CCCCC2)c2ccc(C)cc2)cc1. The highest BCUT2D eigenvalue weighted by Crippen LogP contribution is 2.26. The van der Waals surface area contributed by atoms with Crippen molar-refractivity contribution in [3.8, 4) is 5.75 Å². The molecule has 3 aromatic carbocycles. The third-order valence-electron chi connectivity index (χ3n) is 7.64. The van der Waals surface area contributed by atoms with Crippen LogP contribution in [-0.4, -0.2) is 50.4 Å². The number of amides is 2. The zero-order valence-corrected chi connectivity index (χ0v) is 25.5. The van der Waals surface area contributed by atoms with Gasteiger partial charge in [0, 0.05) is 12.6 Å². The van der Waals surface area contributed by atoms with Crippen LogP contribution in [0.5, 0.6) is 5.75 Å². The maximum Gasteiger partial charge on any atom is 0.264 e. The molecule has 0 saturated heterocycles. The van der Waals surface area contributed by atoms with Gasteiger partial charge in [-0.15, -0.1) is 0 Å². The molecule has 3 aromatic rings. The van der Waals surface area contributed by atoms with E-state index in [0.29, 0.717) is 18.0 Å². The van der Waals surface area contributed by atoms with Gasteiger partial charge < -0.3 is 15.0 Å². The van der Waals surface area contributed by atoms with Crippen LogP contribution in [0.4, 0.5) is 5.69 Å². The lowest BCUT2D eigenvalue weighted by molar-refractivity contribution is -0.139. The molecular weight excluding hydrogens is 550 g/mol. The minimum absolute atomic E-state index is 0.0389. The van der Waals surface area contributed by atoms with Crippen molar-refractivity contribution < 1.29 is 22.7 Å². The van der Waals surface area contributed by atoms with Crippen LogP contribution in [0.25, 0.3) is 0 Å². The molecule has 2 amide bonds. The Labute approximate surface area is 249 Å². The second-order valence-corrected chi connectivity index (χ2v) is 12.6. The molecule has 0 spiro atoms. The Balaban J connectivity index is 1.65. The summed E-state index contributed by atoms with van der Waals surface area (Å²) >= 11 is 0. The Bertz CT molecular complexity index is 1420. The van der Waals surface area contributed by atoms with Crippen molar-refractivity contribution >= 4 is 27.5 Å². The summed E-state index contributed by atoms with van der Waals surface area (Å²) in [6.07, 6.45) is 5.15. The number of sulfonamides is 1. The van der Waals surface area contributed by atoms with E-state index in [1.165, 1.54) is 17.0 Å². The fraction of sp³-hybridized carbons (Fsp3) is 0.394. The van der Waals surface area contributed by atoms with Gasteiger partial charge >= 0.3 is 0 Å². The van der Waals surface area contributed by atoms with E-state index in [2.05, 4.69) is 5.32 Å². The summed E-state index contributed by atoms with van der Waals surface area (Å²) < 4.78 is 34.6. The van der Waals surface area contributed by atoms with Crippen LogP contribution >= 0.6 is 0 Å². The van der Waals surface area contributed by atoms with Gasteiger partial charge in [0.25, 0.3) is 10.0 Å². The summed E-state index contributed by atoms with van der Waals surface area (Å²) in [6.45, 7) is 5.63. The van der Waals surface area contributed by atoms with E-state index in [4.69, 9.17) is 4.74 Å². The quantitative estimate of drug-likeness (QED) is 0.302. The van der Waals surface area contributed by atoms with Gasteiger partial charge in [0.2, 0.25) is 11.8 Å². The van der Waals surface area contributed by atoms with Crippen molar-refractivity contribution in [1.82, 2.24) is 10.2 Å². The number of ether oxygens (including phenoxy) is 1. The Morgan fingerprint density at radius 2 is 1.57 bits per heavy atom. The average Bonchev–Trinajstić information content (AvgIpc) is 3.00. The van der Waals surface area contributed by atoms with Gasteiger partial charge in [0.05, 0.1) is 17.2 Å². The Kier molecular flexibility index (Phi) is 10.6. The summed E-state index contributed by atoms with van der Waals surface area (Å²) in [5.74, 6) is -0.149. The number of aryl methyl sites for hydroxylation is 1. The molecule has 0 aromatic heterocycles. The lowest BCUT2D eigenvalue weighted by Crippen LogP contribution is -2.53. The molecule has 0 unspecified atom stereocenters. The number of hydrogen-bond donors (Lipinski definition) is 1. The third kappa shape index (κ3) is 7.91. The first kappa shape index (κ1) is 31.1. The highest BCUT2D eigenvalue weighted by atomic mass is 32.2. The standard InChI is InChI=1S/C33H41N3O5S/c1-4-41-30-19-21-31(22-20-30)42(39,40)36(29-17-15-25(2)16-18-29)24-32(37)35(23-27-11-7-5-8-12-27)26(3)33(38)34-28-13-9-6-10-14-28/h5,7-8,11-12,15-22,26,28H,4,6,9-10,13-14,23-24H2,1-3H3,(H,34,38)/t26-/m1/s1. The average molecular weight is 592 g/mol. The molecule has 42 heavy (non-hydrogen) atoms. The predicted octanol–water partition coefficient (Wildman–Crippen LogP) is 5.46. The molecule has 1 saturated carbocycles. The topological polar surface area (TPSA) is 96.0 Å². The van der Waals surface area contributed by atoms with Crippen LogP contribution in [0, 0.1) is 6.92 Å². The van der Waals surface area contributed by atoms with Crippen molar-refractivity contribution in [3.05, 3.63) is 90.0 Å². The van der Waals surface area contributed by atoms with Crippen LogP contribution in [-0.2, 0) is 26.2 Å². The molecule has 8 nitrogen and oxygen atoms in total. The Morgan fingerprint density at radius 1 is 0.929 bits per heavy atom. The molecule has 0 aliphatic heterocycles. The van der Waals surface area contributed by atoms with Crippen molar-refractivity contribution in [1.29, 1.82) is 0 Å². The summed E-state index contributed by atoms with van der Waals surface area (Å²) in [5, 5.41) is 3.13. The number of benzene rings is 3. The second kappa shape index (κ2) is 14.4. The largest absolute Gasteiger partial charge is 0.494 e. The summed E-state index contributed by atoms with van der Waals surface area (Å²) in [5.41, 5.74) is 2.17. The van der Waals surface area contributed by atoms with Gasteiger partial charge in [-0.1, -0.05) is 67.3 Å². The van der Waals surface area contributed by atoms with E-state index in [-0.39, 0.29) is 23.4 Å². The number of hydrogen-bond acceptors (Lipinski definition) is 5. The van der Waals surface area contributed by atoms with Crippen LogP contribution in [0.15, 0.2) is 83.8 Å². The summed E-state index contributed by atoms with van der Waals surface area (Å²) in [7, 11) is -4.14. The lowest BCUT2D eigenvalue weighted by Gasteiger charge is -2.33. The molecule has 0 heterocycles. The van der Waals surface area contributed by atoms with Crippen molar-refractivity contribution in [2.24, 2.45) is 0 Å². The van der Waals surface area contributed by atoms with Gasteiger partial charge in [0.15, 0.2) is 0 Å². The van der Waals surface area contributed by atoms with E-state index >= 15 is 0 Å². The minimum atomic E-state index is -4.14. The first-order chi connectivity index (χ1) is 20.2. The highest BCUT2D eigenvalue weighted by molar-refractivity contribution is 7.92. The summed E-state index contributed by atoms with van der Waals surface area (Å²) in [4.78, 5) is 29.0. The Hall–Kier alpha value is -3.85. The normalized spacial score (nSPS) is 14.5. The molecule has 1 fully saturated rings. The summed E-state index contributed by atoms with van der Waals surface area (Å²) in [6, 6.07) is 21.9. The molecule has 0 bridgehead atoms. The van der Waals surface area contributed by atoms with Crippen LogP contribution in [0.1, 0.15) is 57.1 Å². The molecule has 0 radical (unpaired) electrons. The minimum Gasteiger partial charge on any atom is -0.494 e. The molecule has 1 N–H and O–H groups in total. The fourth-order valence-corrected chi connectivity index (χ4v) is 6.59. The smallest absolute Gasteiger partial charge is 0.264 e. The third-order valence-corrected chi connectivity index (χ3v) is 9.43. The van der Waals surface area contributed by atoms with Gasteiger partial charge in [0.1, 0.15) is 18.3 Å². The van der Waals surface area contributed by atoms with E-state index in [1.807, 2.05) is 56.3 Å². The predicted molar refractivity (Wildman–Crippen MR) is 165 cm³/mol. The number of nitrogens with one attached hydrogen (secondary N) is 1. The van der Waals surface area contributed by atoms with E-state index in [0.717, 1.165) is 47.5 Å². The number of carbonyl (C=O) groups excluding carboxylic acids is 2. The molecule has 1 aliphatic rings. The molecular formula is C33H41N3O5S. The van der Waals surface area contributed by atoms with Gasteiger partial charge in [-0.3, -0.25) is 13.9 Å². The maximum atomic E-state index is 14.1. The molecule has 1 aliphatic carbocycles. The molecule has 224 valence electrons. The van der Waals surface area contributed by atoms with E-state index in [9.17, 15) is 18.0 Å². The molecule has 4 rings (SSSR count). The zero-order chi connectivity index (χ0) is 30.1. The lowest BCUT2D eigenvalue weighted by atomic mass is 9.95. The van der Waals surface area contributed by atoms with Crippen molar-refractivity contribution in [3.63, 3.8) is 0 Å². The first-order valence-corrected chi connectivity index (χ1v) is 16.1. The van der Waals surface area contributed by atoms with Gasteiger partial charge in [-0.25, -0.2) is 8.42 Å². The van der Waals surface area contributed by atoms with Crippen LogP contribution < -0.4 is 14.4 Å². The molecule has 9 heteroatoms. The first-order valence-electron chi connectivity index (χ1n) is 14.6. The molecule has 1 atom stereocenters. The fourth-order valence-electron chi connectivity index (χ4n) is 5.17. The number of nitrogens with zero attached hydrogens (tertiary/aromatic N) is 2. The number of anilines is 1. The number of rotatable bonds is 12. The zero-order valence-electron chi connectivity index (χ0n) is 24.7. The number of carbonyl (C=O) groups is 2. The van der Waals surface area contributed by atoms with Crippen molar-refractivity contribution in [2.45, 2.75) is 76.4 Å². The monoisotopic (exact) mass is 591 g/mol. The van der Waals surface area contributed by atoms with Gasteiger partial charge in [-0.05, 0) is 75.6 Å². The van der Waals surface area contributed by atoms with Crippen molar-refractivity contribution in [2.75, 3.05) is 17.5 Å². The Morgan fingerprint density at radius 3 is 2.19 bits per heavy atom. The van der Waals surface area contributed by atoms with Gasteiger partial charge in [-0.2, -0.15) is 0 Å². The maximum absolute atomic E-state index is 14.1. The highest BCUT2D eigenvalue weighted by Gasteiger charge is 2.33. The van der Waals surface area contributed by atoms with E-state index < -0.39 is 28.5 Å².